The normalized spacial score (nSPS) is 17.7. The number of carbonyl (C=O) groups is 1. The fourth-order valence-corrected chi connectivity index (χ4v) is 3.26. The molecule has 0 spiro atoms. The molecule has 0 atom stereocenters. The largest absolute Gasteiger partial charge is 0.381 e. The molecule has 1 aromatic carbocycles. The lowest BCUT2D eigenvalue weighted by atomic mass is 9.88. The molecule has 0 aliphatic carbocycles. The van der Waals surface area contributed by atoms with Gasteiger partial charge in [-0.15, -0.1) is 11.8 Å². The lowest BCUT2D eigenvalue weighted by molar-refractivity contribution is -0.119. The maximum Gasteiger partial charge on any atom is 0.230 e. The number of nitrogens with zero attached hydrogens (tertiary/aromatic N) is 1. The molecule has 1 fully saturated rings. The molecule has 0 saturated carbocycles. The SMILES string of the molecule is CN(C)C1(CNC(=O)CSc2ccccc2)CCOCC1. The van der Waals surface area contributed by atoms with Crippen LogP contribution in [-0.4, -0.2) is 56.0 Å². The first-order valence-corrected chi connectivity index (χ1v) is 8.31. The Labute approximate surface area is 131 Å². The van der Waals surface area contributed by atoms with Crippen molar-refractivity contribution in [2.45, 2.75) is 23.3 Å². The molecule has 21 heavy (non-hydrogen) atoms. The van der Waals surface area contributed by atoms with E-state index in [1.807, 2.05) is 30.3 Å². The number of hydrogen-bond acceptors (Lipinski definition) is 4. The number of thioether (sulfide) groups is 1. The molecule has 0 radical (unpaired) electrons. The van der Waals surface area contributed by atoms with Crippen LogP contribution in [0.15, 0.2) is 35.2 Å². The van der Waals surface area contributed by atoms with Crippen LogP contribution in [0.2, 0.25) is 0 Å². The molecule has 1 amide bonds. The van der Waals surface area contributed by atoms with E-state index in [2.05, 4.69) is 24.3 Å². The molecule has 1 N–H and O–H groups in total. The summed E-state index contributed by atoms with van der Waals surface area (Å²) in [5.41, 5.74) is 0.0331. The first-order chi connectivity index (χ1) is 10.1. The third kappa shape index (κ3) is 4.73. The van der Waals surface area contributed by atoms with Crippen LogP contribution in [0, 0.1) is 0 Å². The predicted molar refractivity (Wildman–Crippen MR) is 86.6 cm³/mol. The molecule has 1 aromatic rings. The van der Waals surface area contributed by atoms with Crippen molar-refractivity contribution in [2.75, 3.05) is 39.6 Å². The van der Waals surface area contributed by atoms with Gasteiger partial charge in [0.15, 0.2) is 0 Å². The number of benzene rings is 1. The van der Waals surface area contributed by atoms with Crippen LogP contribution < -0.4 is 5.32 Å². The summed E-state index contributed by atoms with van der Waals surface area (Å²) >= 11 is 1.57. The first kappa shape index (κ1) is 16.3. The van der Waals surface area contributed by atoms with Gasteiger partial charge in [-0.2, -0.15) is 0 Å². The van der Waals surface area contributed by atoms with Gasteiger partial charge in [0, 0.05) is 30.2 Å². The predicted octanol–water partition coefficient (Wildman–Crippen LogP) is 2.01. The number of likely N-dealkylation sites (N-methyl/N-ethyl adjacent to an activating group) is 1. The van der Waals surface area contributed by atoms with Gasteiger partial charge in [0.2, 0.25) is 5.91 Å². The molecule has 2 rings (SSSR count). The molecule has 1 aliphatic heterocycles. The molecule has 4 nitrogen and oxygen atoms in total. The summed E-state index contributed by atoms with van der Waals surface area (Å²) in [5, 5.41) is 3.09. The van der Waals surface area contributed by atoms with Crippen LogP contribution in [0.25, 0.3) is 0 Å². The van der Waals surface area contributed by atoms with Gasteiger partial charge < -0.3 is 15.0 Å². The number of carbonyl (C=O) groups excluding carboxylic acids is 1. The average molecular weight is 308 g/mol. The van der Waals surface area contributed by atoms with Crippen molar-refractivity contribution in [3.8, 4) is 0 Å². The topological polar surface area (TPSA) is 41.6 Å². The average Bonchev–Trinajstić information content (AvgIpc) is 2.52. The summed E-state index contributed by atoms with van der Waals surface area (Å²) in [5.74, 6) is 0.556. The minimum atomic E-state index is 0.0331. The van der Waals surface area contributed by atoms with Gasteiger partial charge in [-0.05, 0) is 39.1 Å². The molecular weight excluding hydrogens is 284 g/mol. The van der Waals surface area contributed by atoms with Crippen molar-refractivity contribution in [3.05, 3.63) is 30.3 Å². The van der Waals surface area contributed by atoms with Crippen LogP contribution in [-0.2, 0) is 9.53 Å². The maximum atomic E-state index is 12.0. The monoisotopic (exact) mass is 308 g/mol. The minimum Gasteiger partial charge on any atom is -0.381 e. The summed E-state index contributed by atoms with van der Waals surface area (Å²) in [6.45, 7) is 2.23. The lowest BCUT2D eigenvalue weighted by Gasteiger charge is -2.42. The third-order valence-electron chi connectivity index (χ3n) is 4.10. The van der Waals surface area contributed by atoms with E-state index < -0.39 is 0 Å². The number of ether oxygens (including phenoxy) is 1. The number of hydrogen-bond donors (Lipinski definition) is 1. The van der Waals surface area contributed by atoms with Crippen molar-refractivity contribution in [1.29, 1.82) is 0 Å². The number of amides is 1. The minimum absolute atomic E-state index is 0.0331. The third-order valence-corrected chi connectivity index (χ3v) is 5.11. The van der Waals surface area contributed by atoms with E-state index in [-0.39, 0.29) is 11.4 Å². The second-order valence-electron chi connectivity index (χ2n) is 5.61. The Kier molecular flexibility index (Phi) is 6.08. The highest BCUT2D eigenvalue weighted by molar-refractivity contribution is 8.00. The molecule has 0 bridgehead atoms. The highest BCUT2D eigenvalue weighted by Gasteiger charge is 2.34. The Morgan fingerprint density at radius 1 is 1.29 bits per heavy atom. The zero-order valence-corrected chi connectivity index (χ0v) is 13.6. The fourth-order valence-electron chi connectivity index (χ4n) is 2.51. The highest BCUT2D eigenvalue weighted by atomic mass is 32.2. The Morgan fingerprint density at radius 3 is 2.57 bits per heavy atom. The van der Waals surface area contributed by atoms with E-state index in [9.17, 15) is 4.79 Å². The van der Waals surface area contributed by atoms with E-state index >= 15 is 0 Å². The Hall–Kier alpha value is -1.04. The van der Waals surface area contributed by atoms with Crippen LogP contribution in [0.3, 0.4) is 0 Å². The van der Waals surface area contributed by atoms with Gasteiger partial charge in [-0.3, -0.25) is 4.79 Å². The maximum absolute atomic E-state index is 12.0. The summed E-state index contributed by atoms with van der Waals surface area (Å²) in [6, 6.07) is 10.0. The van der Waals surface area contributed by atoms with Crippen LogP contribution in [0.1, 0.15) is 12.8 Å². The van der Waals surface area contributed by atoms with Crippen molar-refractivity contribution in [1.82, 2.24) is 10.2 Å². The van der Waals surface area contributed by atoms with E-state index in [0.29, 0.717) is 12.3 Å². The van der Waals surface area contributed by atoms with Gasteiger partial charge in [0.05, 0.1) is 5.75 Å². The Bertz CT molecular complexity index is 445. The van der Waals surface area contributed by atoms with Gasteiger partial charge in [0.25, 0.3) is 0 Å². The highest BCUT2D eigenvalue weighted by Crippen LogP contribution is 2.25. The number of rotatable bonds is 6. The second kappa shape index (κ2) is 7.82. The van der Waals surface area contributed by atoms with Crippen molar-refractivity contribution < 1.29 is 9.53 Å². The quantitative estimate of drug-likeness (QED) is 0.816. The van der Waals surface area contributed by atoms with Gasteiger partial charge >= 0.3 is 0 Å². The zero-order chi connectivity index (χ0) is 15.1. The molecule has 116 valence electrons. The van der Waals surface area contributed by atoms with Gasteiger partial charge in [0.1, 0.15) is 0 Å². The van der Waals surface area contributed by atoms with E-state index in [1.165, 1.54) is 0 Å². The zero-order valence-electron chi connectivity index (χ0n) is 12.8. The molecule has 0 unspecified atom stereocenters. The molecule has 1 saturated heterocycles. The summed E-state index contributed by atoms with van der Waals surface area (Å²) < 4.78 is 5.44. The smallest absolute Gasteiger partial charge is 0.230 e. The fraction of sp³-hybridized carbons (Fsp3) is 0.562. The van der Waals surface area contributed by atoms with E-state index in [1.54, 1.807) is 11.8 Å². The summed E-state index contributed by atoms with van der Waals surface area (Å²) in [6.07, 6.45) is 1.93. The van der Waals surface area contributed by atoms with Gasteiger partial charge in [-0.1, -0.05) is 18.2 Å². The van der Waals surface area contributed by atoms with Crippen molar-refractivity contribution >= 4 is 17.7 Å². The van der Waals surface area contributed by atoms with Crippen LogP contribution >= 0.6 is 11.8 Å². The van der Waals surface area contributed by atoms with E-state index in [0.717, 1.165) is 31.0 Å². The molecule has 0 aromatic heterocycles. The van der Waals surface area contributed by atoms with Crippen molar-refractivity contribution in [3.63, 3.8) is 0 Å². The van der Waals surface area contributed by atoms with Crippen molar-refractivity contribution in [2.24, 2.45) is 0 Å². The Balaban J connectivity index is 1.79. The second-order valence-corrected chi connectivity index (χ2v) is 6.66. The molecule has 5 heteroatoms. The standard InChI is InChI=1S/C16H24N2O2S/c1-18(2)16(8-10-20-11-9-16)13-17-15(19)12-21-14-6-4-3-5-7-14/h3-7H,8-13H2,1-2H3,(H,17,19). The van der Waals surface area contributed by atoms with Crippen LogP contribution in [0.5, 0.6) is 0 Å². The lowest BCUT2D eigenvalue weighted by Crippen LogP contribution is -2.55. The molecule has 1 heterocycles. The summed E-state index contributed by atoms with van der Waals surface area (Å²) in [4.78, 5) is 15.4. The molecular formula is C16H24N2O2S. The molecule has 1 aliphatic rings. The summed E-state index contributed by atoms with van der Waals surface area (Å²) in [7, 11) is 4.16. The Morgan fingerprint density at radius 2 is 1.95 bits per heavy atom. The number of nitrogens with one attached hydrogen (secondary N) is 1. The first-order valence-electron chi connectivity index (χ1n) is 7.32. The van der Waals surface area contributed by atoms with Crippen LogP contribution in [0.4, 0.5) is 0 Å². The van der Waals surface area contributed by atoms with Gasteiger partial charge in [-0.25, -0.2) is 0 Å². The van der Waals surface area contributed by atoms with E-state index in [4.69, 9.17) is 4.74 Å².